The monoisotopic (exact) mass is 857 g/mol. The van der Waals surface area contributed by atoms with Crippen molar-refractivity contribution in [2.24, 2.45) is 56.0 Å². The maximum atomic E-state index is 12.3. The lowest BCUT2D eigenvalue weighted by Crippen LogP contribution is -2.39. The van der Waals surface area contributed by atoms with E-state index in [1.807, 2.05) is 0 Å². The Morgan fingerprint density at radius 3 is 1.15 bits per heavy atom. The van der Waals surface area contributed by atoms with E-state index in [1.54, 1.807) is 0 Å². The Kier molecular flexibility index (Phi) is 6.05. The fraction of sp³-hybridized carbons (Fsp3) is 0.444. The highest BCUT2D eigenvalue weighted by Gasteiger charge is 2.16. The molecule has 8 aromatic heterocycles. The lowest BCUT2D eigenvalue weighted by Gasteiger charge is -2.05. The van der Waals surface area contributed by atoms with Crippen LogP contribution in [-0.4, -0.2) is 74.7 Å². The van der Waals surface area contributed by atoms with Crippen molar-refractivity contribution in [2.45, 2.75) is 53.8 Å². The summed E-state index contributed by atoms with van der Waals surface area (Å²) in [6, 6.07) is 0. The number of rotatable bonds is 4. The molecule has 8 heterocycles. The van der Waals surface area contributed by atoms with Crippen molar-refractivity contribution in [2.75, 3.05) is 0 Å². The number of aryl methyl sites for hydroxylation is 8. The third-order valence-corrected chi connectivity index (χ3v) is 8.49. The van der Waals surface area contributed by atoms with Crippen molar-refractivity contribution in [3.05, 3.63) is 109 Å². The molecule has 24 nitrogen and oxygen atoms in total. The molecule has 0 aromatic carbocycles. The number of hydrogen-bond acceptors (Lipinski definition) is 12. The number of nitrogens with zero attached hydrogens (tertiary/aromatic N) is 16. The molecule has 0 saturated heterocycles. The van der Waals surface area contributed by atoms with E-state index in [-0.39, 0.29) is 43.5 Å². The molecule has 320 valence electrons. The number of fused-ring (bicyclic) bond motifs is 4. The van der Waals surface area contributed by atoms with Crippen molar-refractivity contribution >= 4 is 44.7 Å². The molecule has 0 aliphatic carbocycles. The maximum Gasteiger partial charge on any atom is 0.332 e. The number of aromatic nitrogens is 16. The fourth-order valence-electron chi connectivity index (χ4n) is 5.52. The van der Waals surface area contributed by atoms with Gasteiger partial charge in [0, 0.05) is 112 Å². The standard InChI is InChI=1S/4C9H12N4O2/c4*1-4-13-8(14)6-7(10-5-11(6)2)12(3)9(13)15/h4*5H,4H2,1-3H3/i3D3,4D2,5D;2D3,3D3,5D;2D3,4D2;2D3,3D3. The number of hydrogen-bond donors (Lipinski definition) is 0. The molecule has 60 heavy (non-hydrogen) atoms. The van der Waals surface area contributed by atoms with Gasteiger partial charge in [-0.1, -0.05) is 0 Å². The molecule has 0 aliphatic heterocycles. The van der Waals surface area contributed by atoms with E-state index in [4.69, 9.17) is 32.9 Å². The minimum atomic E-state index is -2.97. The first-order valence-corrected chi connectivity index (χ1v) is 16.7. The summed E-state index contributed by atoms with van der Waals surface area (Å²) in [4.78, 5) is 112. The lowest BCUT2D eigenvalue weighted by molar-refractivity contribution is 0.635. The maximum absolute atomic E-state index is 12.3. The van der Waals surface area contributed by atoms with Gasteiger partial charge in [0.25, 0.3) is 22.2 Å². The zero-order chi connectivity index (χ0) is 65.0. The van der Waals surface area contributed by atoms with Crippen LogP contribution in [0.2, 0.25) is 0 Å². The molecule has 24 heteroatoms. The molecule has 0 unspecified atom stereocenters. The zero-order valence-corrected chi connectivity index (χ0v) is 32.0. The van der Waals surface area contributed by atoms with Gasteiger partial charge in [0.1, 0.15) is 2.74 Å². The minimum Gasteiger partial charge on any atom is -0.328 e. The van der Waals surface area contributed by atoms with Gasteiger partial charge in [-0.05, 0) is 27.7 Å². The topological polar surface area (TPSA) is 247 Å². The Morgan fingerprint density at radius 2 is 0.767 bits per heavy atom. The summed E-state index contributed by atoms with van der Waals surface area (Å²) in [5, 5.41) is 0. The molecule has 0 saturated carbocycles. The van der Waals surface area contributed by atoms with Crippen molar-refractivity contribution in [3.8, 4) is 0 Å². The summed E-state index contributed by atoms with van der Waals surface area (Å²) in [6.07, 6.45) is 0.543. The van der Waals surface area contributed by atoms with Gasteiger partial charge in [-0.25, -0.2) is 39.1 Å². The third-order valence-electron chi connectivity index (χ3n) is 8.49. The van der Waals surface area contributed by atoms with Gasteiger partial charge < -0.3 is 18.3 Å². The van der Waals surface area contributed by atoms with Crippen molar-refractivity contribution in [1.29, 1.82) is 0 Å². The second-order valence-electron chi connectivity index (χ2n) is 11.8. The third kappa shape index (κ3) is 7.08. The molecule has 0 N–H and O–H groups in total. The second kappa shape index (κ2) is 16.8. The van der Waals surface area contributed by atoms with Crippen LogP contribution >= 0.6 is 0 Å². The highest BCUT2D eigenvalue weighted by molar-refractivity contribution is 5.71. The summed E-state index contributed by atoms with van der Waals surface area (Å²) in [7, 11) is 2.60. The predicted octanol–water partition coefficient (Wildman–Crippen LogP) is -2.19. The molecule has 0 bridgehead atoms. The van der Waals surface area contributed by atoms with Crippen LogP contribution in [0.3, 0.4) is 0 Å². The van der Waals surface area contributed by atoms with E-state index in [1.165, 1.54) is 27.9 Å². The van der Waals surface area contributed by atoms with Gasteiger partial charge in [-0.15, -0.1) is 0 Å². The first kappa shape index (κ1) is 21.6. The smallest absolute Gasteiger partial charge is 0.328 e. The summed E-state index contributed by atoms with van der Waals surface area (Å²) in [5.41, 5.74) is -11.7. The normalized spacial score (nSPS) is 18.8. The molecule has 8 aromatic rings. The van der Waals surface area contributed by atoms with Crippen LogP contribution in [0.1, 0.15) is 60.6 Å². The van der Waals surface area contributed by atoms with Crippen LogP contribution < -0.4 is 45.0 Å². The second-order valence-corrected chi connectivity index (χ2v) is 11.8. The zero-order valence-electron chi connectivity index (χ0n) is 56.0. The summed E-state index contributed by atoms with van der Waals surface area (Å²) < 4.78 is 184. The minimum absolute atomic E-state index is 0.0874. The number of imidazole rings is 4. The van der Waals surface area contributed by atoms with E-state index in [0.717, 1.165) is 35.6 Å². The molecule has 8 rings (SSSR count). The van der Waals surface area contributed by atoms with Crippen molar-refractivity contribution < 1.29 is 32.9 Å². The largest absolute Gasteiger partial charge is 0.332 e. The Hall–Kier alpha value is -7.40. The van der Waals surface area contributed by atoms with Gasteiger partial charge >= 0.3 is 22.8 Å². The van der Waals surface area contributed by atoms with E-state index >= 15 is 0 Å². The SMILES string of the molecule is [2H]C([2H])([2H])n1cnc2c1c(=O)n(C([2H])([2H])C)c(=O)n2C.[2H]C([2H])([2H])n1cnc2c1c(=O)n(CC)c(=O)n2C([2H])([2H])[2H].[2H]c1nc2c(c(=O)n(C([2H])([2H])C)c(=O)n2C([2H])([2H])[2H])n1C.[2H]c1nc2c(c(=O)n(CC)c(=O)n2C([2H])([2H])[2H])n1C([2H])([2H])[2H]. The van der Waals surface area contributed by atoms with Crippen molar-refractivity contribution in [1.82, 2.24) is 74.7 Å². The molecule has 0 fully saturated rings. The van der Waals surface area contributed by atoms with Gasteiger partial charge in [0.05, 0.1) is 25.3 Å². The molecular formula is C36H48N16O8. The highest BCUT2D eigenvalue weighted by Crippen LogP contribution is 2.05. The first-order valence-electron chi connectivity index (χ1n) is 28.7. The lowest BCUT2D eigenvalue weighted by atomic mass is 10.5. The van der Waals surface area contributed by atoms with Gasteiger partial charge in [0.15, 0.2) is 44.7 Å². The Bertz CT molecular complexity index is 4410. The van der Waals surface area contributed by atoms with Crippen molar-refractivity contribution in [3.63, 3.8) is 0 Å². The molecule has 0 radical (unpaired) electrons. The van der Waals surface area contributed by atoms with Crippen LogP contribution in [-0.2, 0) is 82.0 Å². The van der Waals surface area contributed by atoms with Crippen LogP contribution in [0.4, 0.5) is 0 Å². The predicted molar refractivity (Wildman–Crippen MR) is 224 cm³/mol. The Balaban J connectivity index is 0.000000205. The van der Waals surface area contributed by atoms with Gasteiger partial charge in [-0.3, -0.25) is 55.7 Å². The summed E-state index contributed by atoms with van der Waals surface area (Å²) in [5.74, 6) is 0. The average molecular weight is 857 g/mol. The van der Waals surface area contributed by atoms with E-state index in [2.05, 4.69) is 19.9 Å². The molecule has 0 aliphatic rings. The van der Waals surface area contributed by atoms with Crippen LogP contribution in [0.5, 0.6) is 0 Å². The van der Waals surface area contributed by atoms with Crippen LogP contribution in [0.15, 0.2) is 63.6 Å². The van der Waals surface area contributed by atoms with Gasteiger partial charge in [0.2, 0.25) is 0 Å². The van der Waals surface area contributed by atoms with E-state index in [0.29, 0.717) is 32.0 Å². The van der Waals surface area contributed by atoms with Crippen LogP contribution in [0.25, 0.3) is 44.7 Å². The molecule has 0 atom stereocenters. The Morgan fingerprint density at radius 1 is 0.450 bits per heavy atom. The molecule has 0 spiro atoms. The quantitative estimate of drug-likeness (QED) is 0.183. The average Bonchev–Trinajstić information content (AvgIpc) is 1.71. The fourth-order valence-corrected chi connectivity index (χ4v) is 5.52. The summed E-state index contributed by atoms with van der Waals surface area (Å²) in [6.45, 7) is -17.1. The summed E-state index contributed by atoms with van der Waals surface area (Å²) >= 11 is 0. The van der Waals surface area contributed by atoms with E-state index in [9.17, 15) is 38.4 Å². The first-order chi connectivity index (χ1) is 37.7. The molecule has 0 amide bonds. The van der Waals surface area contributed by atoms with Crippen LogP contribution in [0, 0.1) is 0 Å². The molecular weight excluding hydrogens is 784 g/mol. The Labute approximate surface area is 371 Å². The highest BCUT2D eigenvalue weighted by atomic mass is 16.2. The van der Waals surface area contributed by atoms with E-state index < -0.39 is 140 Å². The van der Waals surface area contributed by atoms with Gasteiger partial charge in [-0.2, -0.15) is 0 Å².